The summed E-state index contributed by atoms with van der Waals surface area (Å²) in [6.07, 6.45) is 0. The van der Waals surface area contributed by atoms with E-state index in [-0.39, 0.29) is 12.5 Å². The predicted octanol–water partition coefficient (Wildman–Crippen LogP) is 3.44. The summed E-state index contributed by atoms with van der Waals surface area (Å²) in [6, 6.07) is 10.6. The van der Waals surface area contributed by atoms with Crippen LogP contribution in [0.4, 0.5) is 20.2 Å². The Hall–Kier alpha value is -2.63. The minimum atomic E-state index is -0.939. The van der Waals surface area contributed by atoms with Gasteiger partial charge >= 0.3 is 0 Å². The van der Waals surface area contributed by atoms with Crippen molar-refractivity contribution in [2.45, 2.75) is 6.92 Å². The Morgan fingerprint density at radius 1 is 1.17 bits per heavy atom. The largest absolute Gasteiger partial charge is 0.495 e. The highest BCUT2D eigenvalue weighted by Crippen LogP contribution is 2.23. The number of carbonyl (C=O) groups excluding carboxylic acids is 1. The minimum absolute atomic E-state index is 0.0135. The van der Waals surface area contributed by atoms with Crippen LogP contribution in [0.1, 0.15) is 6.92 Å². The molecule has 0 saturated carbocycles. The van der Waals surface area contributed by atoms with Crippen LogP contribution in [0.25, 0.3) is 0 Å². The number of para-hydroxylation sites is 2. The van der Waals surface area contributed by atoms with Crippen LogP contribution in [0.15, 0.2) is 42.5 Å². The average molecular weight is 320 g/mol. The number of halogens is 2. The molecule has 1 N–H and O–H groups in total. The number of rotatable bonds is 6. The highest BCUT2D eigenvalue weighted by atomic mass is 19.2. The van der Waals surface area contributed by atoms with Crippen molar-refractivity contribution in [3.63, 3.8) is 0 Å². The van der Waals surface area contributed by atoms with E-state index in [1.54, 1.807) is 29.2 Å². The highest BCUT2D eigenvalue weighted by Gasteiger charge is 2.13. The van der Waals surface area contributed by atoms with Crippen LogP contribution >= 0.6 is 0 Å². The number of amides is 1. The van der Waals surface area contributed by atoms with Crippen molar-refractivity contribution in [1.29, 1.82) is 0 Å². The average Bonchev–Trinajstić information content (AvgIpc) is 2.55. The number of methoxy groups -OCH3 is 1. The summed E-state index contributed by atoms with van der Waals surface area (Å²) in [6.45, 7) is 2.32. The Morgan fingerprint density at radius 3 is 2.57 bits per heavy atom. The topological polar surface area (TPSA) is 41.6 Å². The monoisotopic (exact) mass is 320 g/mol. The molecule has 0 radical (unpaired) electrons. The third-order valence-corrected chi connectivity index (χ3v) is 3.37. The summed E-state index contributed by atoms with van der Waals surface area (Å²) >= 11 is 0. The number of nitrogens with zero attached hydrogens (tertiary/aromatic N) is 1. The minimum Gasteiger partial charge on any atom is -0.495 e. The lowest BCUT2D eigenvalue weighted by Crippen LogP contribution is -2.33. The fraction of sp³-hybridized carbons (Fsp3) is 0.235. The number of benzene rings is 2. The van der Waals surface area contributed by atoms with E-state index in [0.717, 1.165) is 12.1 Å². The molecule has 0 aliphatic carbocycles. The Morgan fingerprint density at radius 2 is 1.91 bits per heavy atom. The molecule has 0 saturated heterocycles. The fourth-order valence-electron chi connectivity index (χ4n) is 2.18. The van der Waals surface area contributed by atoms with Crippen molar-refractivity contribution in [2.75, 3.05) is 30.4 Å². The van der Waals surface area contributed by atoms with Gasteiger partial charge in [-0.25, -0.2) is 8.78 Å². The molecule has 122 valence electrons. The quantitative estimate of drug-likeness (QED) is 0.886. The predicted molar refractivity (Wildman–Crippen MR) is 85.9 cm³/mol. The summed E-state index contributed by atoms with van der Waals surface area (Å²) in [5.41, 5.74) is 1.00. The molecule has 0 unspecified atom stereocenters. The lowest BCUT2D eigenvalue weighted by Gasteiger charge is -2.22. The maximum Gasteiger partial charge on any atom is 0.243 e. The van der Waals surface area contributed by atoms with Gasteiger partial charge in [-0.1, -0.05) is 12.1 Å². The number of hydrogen-bond acceptors (Lipinski definition) is 3. The molecule has 1 amide bonds. The van der Waals surface area contributed by atoms with Gasteiger partial charge < -0.3 is 15.0 Å². The van der Waals surface area contributed by atoms with Gasteiger partial charge in [0.05, 0.1) is 19.3 Å². The summed E-state index contributed by atoms with van der Waals surface area (Å²) < 4.78 is 31.5. The Balaban J connectivity index is 2.09. The maximum atomic E-state index is 13.3. The number of hydrogen-bond donors (Lipinski definition) is 1. The zero-order valence-electron chi connectivity index (χ0n) is 13.0. The molecule has 2 rings (SSSR count). The lowest BCUT2D eigenvalue weighted by atomic mass is 10.2. The van der Waals surface area contributed by atoms with Gasteiger partial charge in [-0.2, -0.15) is 0 Å². The van der Waals surface area contributed by atoms with Crippen molar-refractivity contribution in [1.82, 2.24) is 0 Å². The SMILES string of the molecule is CCN(CC(=O)Nc1ccccc1OC)c1ccc(F)c(F)c1. The standard InChI is InChI=1S/C17H18F2N2O2/c1-3-21(12-8-9-13(18)14(19)10-12)11-17(22)20-15-6-4-5-7-16(15)23-2/h4-10H,3,11H2,1-2H3,(H,20,22). The van der Waals surface area contributed by atoms with E-state index < -0.39 is 11.6 Å². The summed E-state index contributed by atoms with van der Waals surface area (Å²) in [4.78, 5) is 13.8. The van der Waals surface area contributed by atoms with Crippen molar-refractivity contribution in [3.05, 3.63) is 54.1 Å². The first-order valence-corrected chi connectivity index (χ1v) is 7.18. The van der Waals surface area contributed by atoms with Crippen molar-refractivity contribution < 1.29 is 18.3 Å². The first-order valence-electron chi connectivity index (χ1n) is 7.18. The summed E-state index contributed by atoms with van der Waals surface area (Å²) in [7, 11) is 1.52. The molecule has 2 aromatic carbocycles. The molecule has 0 bridgehead atoms. The Bertz CT molecular complexity index is 692. The molecule has 0 aromatic heterocycles. The zero-order valence-corrected chi connectivity index (χ0v) is 13.0. The van der Waals surface area contributed by atoms with Crippen LogP contribution in [-0.4, -0.2) is 26.1 Å². The Kier molecular flexibility index (Phi) is 5.51. The first kappa shape index (κ1) is 16.7. The van der Waals surface area contributed by atoms with E-state index in [4.69, 9.17) is 4.74 Å². The van der Waals surface area contributed by atoms with Crippen molar-refractivity contribution in [3.8, 4) is 5.75 Å². The van der Waals surface area contributed by atoms with E-state index in [2.05, 4.69) is 5.32 Å². The van der Waals surface area contributed by atoms with Gasteiger partial charge in [0.1, 0.15) is 5.75 Å². The summed E-state index contributed by atoms with van der Waals surface area (Å²) in [5, 5.41) is 2.75. The van der Waals surface area contributed by atoms with E-state index in [1.807, 2.05) is 6.92 Å². The van der Waals surface area contributed by atoms with Crippen LogP contribution in [0.3, 0.4) is 0 Å². The van der Waals surface area contributed by atoms with Gasteiger partial charge in [0.15, 0.2) is 11.6 Å². The second-order valence-corrected chi connectivity index (χ2v) is 4.86. The van der Waals surface area contributed by atoms with Crippen LogP contribution < -0.4 is 15.0 Å². The lowest BCUT2D eigenvalue weighted by molar-refractivity contribution is -0.115. The molecule has 0 atom stereocenters. The molecule has 4 nitrogen and oxygen atoms in total. The second kappa shape index (κ2) is 7.58. The van der Waals surface area contributed by atoms with Crippen molar-refractivity contribution >= 4 is 17.3 Å². The van der Waals surface area contributed by atoms with Crippen LogP contribution in [0.5, 0.6) is 5.75 Å². The van der Waals surface area contributed by atoms with Gasteiger partial charge in [0.2, 0.25) is 5.91 Å². The van der Waals surface area contributed by atoms with E-state index in [0.29, 0.717) is 23.7 Å². The van der Waals surface area contributed by atoms with E-state index in [9.17, 15) is 13.6 Å². The highest BCUT2D eigenvalue weighted by molar-refractivity contribution is 5.95. The number of nitrogens with one attached hydrogen (secondary N) is 1. The molecule has 0 aliphatic heterocycles. The summed E-state index contributed by atoms with van der Waals surface area (Å²) in [5.74, 6) is -1.58. The number of ether oxygens (including phenoxy) is 1. The van der Waals surface area contributed by atoms with Gasteiger partial charge in [0, 0.05) is 18.3 Å². The molecular formula is C17H18F2N2O2. The fourth-order valence-corrected chi connectivity index (χ4v) is 2.18. The van der Waals surface area contributed by atoms with Gasteiger partial charge in [0.25, 0.3) is 0 Å². The first-order chi connectivity index (χ1) is 11.0. The van der Waals surface area contributed by atoms with Gasteiger partial charge in [-0.3, -0.25) is 4.79 Å². The molecule has 2 aromatic rings. The van der Waals surface area contributed by atoms with Crippen molar-refractivity contribution in [2.24, 2.45) is 0 Å². The smallest absolute Gasteiger partial charge is 0.243 e. The molecule has 0 aliphatic rings. The number of carbonyl (C=O) groups is 1. The van der Waals surface area contributed by atoms with Crippen LogP contribution in [0, 0.1) is 11.6 Å². The van der Waals surface area contributed by atoms with Crippen LogP contribution in [0.2, 0.25) is 0 Å². The molecule has 0 fully saturated rings. The maximum absolute atomic E-state index is 13.3. The van der Waals surface area contributed by atoms with Gasteiger partial charge in [-0.05, 0) is 31.2 Å². The van der Waals surface area contributed by atoms with E-state index >= 15 is 0 Å². The molecule has 0 spiro atoms. The molecule has 0 heterocycles. The second-order valence-electron chi connectivity index (χ2n) is 4.86. The van der Waals surface area contributed by atoms with Gasteiger partial charge in [-0.15, -0.1) is 0 Å². The Labute approximate surface area is 133 Å². The molecule has 23 heavy (non-hydrogen) atoms. The third-order valence-electron chi connectivity index (χ3n) is 3.37. The molecular weight excluding hydrogens is 302 g/mol. The van der Waals surface area contributed by atoms with E-state index in [1.165, 1.54) is 13.2 Å². The normalized spacial score (nSPS) is 10.3. The van der Waals surface area contributed by atoms with Crippen LogP contribution in [-0.2, 0) is 4.79 Å². The molecule has 6 heteroatoms. The number of anilines is 2. The third kappa shape index (κ3) is 4.18. The zero-order chi connectivity index (χ0) is 16.8. The number of likely N-dealkylation sites (N-methyl/N-ethyl adjacent to an activating group) is 1.